The first kappa shape index (κ1) is 54.4. The fourth-order valence-electron chi connectivity index (χ4n) is 15.6. The zero-order valence-electron chi connectivity index (χ0n) is 51.3. The quantitative estimate of drug-likeness (QED) is 0.167. The molecule has 444 valence electrons. The molecule has 1 aliphatic carbocycles. The van der Waals surface area contributed by atoms with Gasteiger partial charge in [-0.2, -0.15) is 0 Å². The molecule has 0 N–H and O–H groups in total. The number of thiophene rings is 2. The summed E-state index contributed by atoms with van der Waals surface area (Å²) in [4.78, 5) is 0. The molecule has 1 aliphatic rings. The minimum Gasteiger partial charge on any atom is -0.309 e. The summed E-state index contributed by atoms with van der Waals surface area (Å²) in [6.45, 7) is 0. The van der Waals surface area contributed by atoms with Crippen LogP contribution in [0.15, 0.2) is 320 Å². The molecule has 16 aromatic carbocycles. The van der Waals surface area contributed by atoms with Gasteiger partial charge in [-0.25, -0.2) is 0 Å². The van der Waals surface area contributed by atoms with Gasteiger partial charge in [0, 0.05) is 105 Å². The summed E-state index contributed by atoms with van der Waals surface area (Å²) in [7, 11) is 0. The lowest BCUT2D eigenvalue weighted by Crippen LogP contribution is -1.96. The van der Waals surface area contributed by atoms with Gasteiger partial charge in [-0.3, -0.25) is 0 Å². The Labute approximate surface area is 562 Å². The van der Waals surface area contributed by atoms with Gasteiger partial charge in [-0.15, -0.1) is 22.7 Å². The van der Waals surface area contributed by atoms with Crippen LogP contribution in [0.2, 0.25) is 0 Å². The molecule has 22 rings (SSSR count). The van der Waals surface area contributed by atoms with Crippen LogP contribution in [0.3, 0.4) is 0 Å². The monoisotopic (exact) mass is 1310 g/mol. The van der Waals surface area contributed by atoms with Gasteiger partial charge >= 0.3 is 0 Å². The van der Waals surface area contributed by atoms with Crippen molar-refractivity contribution >= 4 is 187 Å². The van der Waals surface area contributed by atoms with Crippen molar-refractivity contribution < 1.29 is 0 Å². The molecule has 0 aliphatic heterocycles. The van der Waals surface area contributed by atoms with E-state index in [0.717, 1.165) is 10.9 Å². The minimum absolute atomic E-state index is 0.989. The Morgan fingerprint density at radius 3 is 1.26 bits per heavy atom. The third kappa shape index (κ3) is 8.61. The minimum atomic E-state index is 0.989. The zero-order valence-corrected chi connectivity index (χ0v) is 54.5. The molecule has 0 bridgehead atoms. The molecular formula is C89H54BrN3S2. The highest BCUT2D eigenvalue weighted by Crippen LogP contribution is 2.47. The van der Waals surface area contributed by atoms with Gasteiger partial charge in [0.05, 0.1) is 33.1 Å². The molecule has 0 spiro atoms. The van der Waals surface area contributed by atoms with Crippen LogP contribution in [-0.4, -0.2) is 13.7 Å². The molecule has 5 aromatic heterocycles. The Hall–Kier alpha value is -11.1. The fraction of sp³-hybridized carbons (Fsp3) is 0.0112. The third-order valence-corrected chi connectivity index (χ3v) is 22.7. The van der Waals surface area contributed by atoms with E-state index in [-0.39, 0.29) is 0 Å². The number of benzene rings is 16. The fourth-order valence-corrected chi connectivity index (χ4v) is 18.4. The van der Waals surface area contributed by atoms with Crippen molar-refractivity contribution in [3.8, 4) is 28.2 Å². The average Bonchev–Trinajstić information content (AvgIpc) is 1.56. The van der Waals surface area contributed by atoms with Crippen LogP contribution < -0.4 is 0 Å². The van der Waals surface area contributed by atoms with Crippen molar-refractivity contribution in [2.24, 2.45) is 0 Å². The van der Waals surface area contributed by atoms with E-state index in [1.807, 2.05) is 22.7 Å². The normalized spacial score (nSPS) is 12.2. The van der Waals surface area contributed by atoms with E-state index in [1.54, 1.807) is 0 Å². The topological polar surface area (TPSA) is 14.8 Å². The molecule has 0 amide bonds. The lowest BCUT2D eigenvalue weighted by Gasteiger charge is -2.11. The van der Waals surface area contributed by atoms with Crippen molar-refractivity contribution in [2.45, 2.75) is 6.42 Å². The van der Waals surface area contributed by atoms with Gasteiger partial charge < -0.3 is 13.7 Å². The number of hydrogen-bond donors (Lipinski definition) is 0. The summed E-state index contributed by atoms with van der Waals surface area (Å²) in [6, 6.07) is 116. The molecule has 0 unspecified atom stereocenters. The van der Waals surface area contributed by atoms with Gasteiger partial charge in [0.25, 0.3) is 0 Å². The first-order valence-corrected chi connectivity index (χ1v) is 34.9. The van der Waals surface area contributed by atoms with E-state index in [9.17, 15) is 0 Å². The summed E-state index contributed by atoms with van der Waals surface area (Å²) in [5.41, 5.74) is 16.7. The molecule has 6 heteroatoms. The maximum absolute atomic E-state index is 3.50. The third-order valence-electron chi connectivity index (χ3n) is 19.9. The van der Waals surface area contributed by atoms with E-state index in [0.29, 0.717) is 0 Å². The van der Waals surface area contributed by atoms with Crippen LogP contribution in [0, 0.1) is 0 Å². The van der Waals surface area contributed by atoms with Crippen LogP contribution in [0.25, 0.3) is 177 Å². The van der Waals surface area contributed by atoms with E-state index in [1.165, 1.54) is 188 Å². The number of nitrogens with zero attached hydrogens (tertiary/aromatic N) is 3. The summed E-state index contributed by atoms with van der Waals surface area (Å²) >= 11 is 7.22. The number of fused-ring (bicyclic) bond motifs is 24. The molecule has 21 aromatic rings. The second-order valence-electron chi connectivity index (χ2n) is 25.2. The van der Waals surface area contributed by atoms with Crippen LogP contribution in [0.4, 0.5) is 0 Å². The van der Waals surface area contributed by atoms with Crippen molar-refractivity contribution in [3.63, 3.8) is 0 Å². The highest BCUT2D eigenvalue weighted by Gasteiger charge is 2.25. The summed E-state index contributed by atoms with van der Waals surface area (Å²) in [6.07, 6.45) is 0.989. The molecule has 0 saturated carbocycles. The largest absolute Gasteiger partial charge is 0.309 e. The molecule has 0 atom stereocenters. The van der Waals surface area contributed by atoms with Gasteiger partial charge in [0.15, 0.2) is 0 Å². The Morgan fingerprint density at radius 1 is 0.232 bits per heavy atom. The van der Waals surface area contributed by atoms with E-state index in [2.05, 4.69) is 345 Å². The Kier molecular flexibility index (Phi) is 12.3. The maximum Gasteiger partial charge on any atom is 0.0619 e. The summed E-state index contributed by atoms with van der Waals surface area (Å²) < 4.78 is 13.9. The smallest absolute Gasteiger partial charge is 0.0619 e. The first-order chi connectivity index (χ1) is 47.0. The zero-order chi connectivity index (χ0) is 62.4. The summed E-state index contributed by atoms with van der Waals surface area (Å²) in [5, 5.41) is 23.3. The number of aromatic nitrogens is 3. The standard InChI is InChI=1S/C44H26N2S.C33H21N.C12H7BrS/c1-2-13-30(14-3-1)46-41-26-40-38(25-37(41)35-20-18-27-10-6-7-15-32(27)44(35)46)36-22-28-11-4-5-12-29(28)23-39(36)45(40)31-19-21-34-33-16-8-9-17-42(33)47-43(34)24-31;1-2-11-26(12-3-1)34-32-19-25-17-24-16-22-9-4-5-10-23(22)18-29(24)30(25)20-31(32)28-15-14-21-8-6-7-13-27(21)33(28)34;13-8-5-6-10-9-3-1-2-4-11(9)14-12(10)7-8/h1-26H;1-16,18-20H,17H2;1-7H. The Balaban J connectivity index is 0.000000112. The van der Waals surface area contributed by atoms with Crippen LogP contribution in [0.1, 0.15) is 11.1 Å². The van der Waals surface area contributed by atoms with Gasteiger partial charge in [-0.1, -0.05) is 228 Å². The molecular weight excluding hydrogens is 1260 g/mol. The van der Waals surface area contributed by atoms with E-state index < -0.39 is 0 Å². The lowest BCUT2D eigenvalue weighted by molar-refractivity contribution is 1.17. The van der Waals surface area contributed by atoms with Gasteiger partial charge in [-0.05, 0) is 164 Å². The van der Waals surface area contributed by atoms with Crippen LogP contribution in [-0.2, 0) is 6.42 Å². The molecule has 5 heterocycles. The second-order valence-corrected chi connectivity index (χ2v) is 28.3. The van der Waals surface area contributed by atoms with Gasteiger partial charge in [0.1, 0.15) is 0 Å². The highest BCUT2D eigenvalue weighted by molar-refractivity contribution is 9.10. The predicted molar refractivity (Wildman–Crippen MR) is 414 cm³/mol. The molecule has 95 heavy (non-hydrogen) atoms. The number of rotatable bonds is 3. The Morgan fingerprint density at radius 2 is 0.642 bits per heavy atom. The van der Waals surface area contributed by atoms with Crippen molar-refractivity contribution in [1.82, 2.24) is 13.7 Å². The van der Waals surface area contributed by atoms with E-state index >= 15 is 0 Å². The highest BCUT2D eigenvalue weighted by atomic mass is 79.9. The van der Waals surface area contributed by atoms with Gasteiger partial charge in [0.2, 0.25) is 0 Å². The SMILES string of the molecule is Brc1ccc2c(c1)sc1ccccc12.c1ccc(-n2c3cc4c(cc3c3ccc5ccccc5c32)-c2cc3ccccc3cc2C4)cc1.c1ccc(-n2c3cc4c(cc3c3ccc5ccccc5c32)c2cc3ccccc3cc2n4-c2ccc3c(c2)sc2ccccc23)cc1. The molecule has 0 radical (unpaired) electrons. The number of hydrogen-bond acceptors (Lipinski definition) is 2. The second kappa shape index (κ2) is 21.5. The average molecular weight is 1310 g/mol. The lowest BCUT2D eigenvalue weighted by atomic mass is 9.99. The molecule has 3 nitrogen and oxygen atoms in total. The van der Waals surface area contributed by atoms with E-state index in [4.69, 9.17) is 0 Å². The summed E-state index contributed by atoms with van der Waals surface area (Å²) in [5.74, 6) is 0. The first-order valence-electron chi connectivity index (χ1n) is 32.4. The van der Waals surface area contributed by atoms with Crippen LogP contribution >= 0.6 is 38.6 Å². The number of para-hydroxylation sites is 2. The van der Waals surface area contributed by atoms with Crippen molar-refractivity contribution in [3.05, 3.63) is 331 Å². The van der Waals surface area contributed by atoms with Crippen molar-refractivity contribution in [1.29, 1.82) is 0 Å². The number of halogens is 1. The predicted octanol–water partition coefficient (Wildman–Crippen LogP) is 26.0. The van der Waals surface area contributed by atoms with Crippen LogP contribution in [0.5, 0.6) is 0 Å². The molecule has 0 fully saturated rings. The Bertz CT molecular complexity index is 6760. The maximum atomic E-state index is 3.50. The van der Waals surface area contributed by atoms with Crippen molar-refractivity contribution in [2.75, 3.05) is 0 Å². The molecule has 0 saturated heterocycles.